The fourth-order valence-corrected chi connectivity index (χ4v) is 3.27. The van der Waals surface area contributed by atoms with Crippen molar-refractivity contribution in [2.24, 2.45) is 0 Å². The average molecular weight is 448 g/mol. The van der Waals surface area contributed by atoms with E-state index in [1.54, 1.807) is 18.2 Å². The van der Waals surface area contributed by atoms with E-state index < -0.39 is 0 Å². The molecule has 5 nitrogen and oxygen atoms in total. The number of ether oxygens (including phenoxy) is 1. The molecule has 0 atom stereocenters. The van der Waals surface area contributed by atoms with Crippen LogP contribution in [0, 0.1) is 0 Å². The zero-order valence-electron chi connectivity index (χ0n) is 14.5. The van der Waals surface area contributed by atoms with Gasteiger partial charge in [0.1, 0.15) is 12.3 Å². The Morgan fingerprint density at radius 2 is 1.96 bits per heavy atom. The largest absolute Gasteiger partial charge is 0.492 e. The first kappa shape index (κ1) is 19.3. The summed E-state index contributed by atoms with van der Waals surface area (Å²) >= 11 is 9.61. The molecule has 0 bridgehead atoms. The molecule has 0 unspecified atom stereocenters. The molecule has 138 valence electrons. The van der Waals surface area contributed by atoms with Crippen molar-refractivity contribution in [3.8, 4) is 17.0 Å². The van der Waals surface area contributed by atoms with Crippen LogP contribution in [0.15, 0.2) is 63.9 Å². The van der Waals surface area contributed by atoms with E-state index in [1.165, 1.54) is 12.1 Å². The smallest absolute Gasteiger partial charge is 0.267 e. The van der Waals surface area contributed by atoms with E-state index in [1.807, 2.05) is 31.2 Å². The van der Waals surface area contributed by atoms with E-state index >= 15 is 0 Å². The van der Waals surface area contributed by atoms with Crippen molar-refractivity contribution in [1.29, 1.82) is 0 Å². The zero-order chi connectivity index (χ0) is 19.4. The van der Waals surface area contributed by atoms with E-state index in [2.05, 4.69) is 21.0 Å². The topological polar surface area (TPSA) is 61.2 Å². The van der Waals surface area contributed by atoms with E-state index in [-0.39, 0.29) is 17.9 Å². The van der Waals surface area contributed by atoms with Gasteiger partial charge in [-0.05, 0) is 37.3 Å². The third-order valence-corrected chi connectivity index (χ3v) is 4.85. The van der Waals surface area contributed by atoms with E-state index in [0.717, 1.165) is 14.7 Å². The van der Waals surface area contributed by atoms with Crippen LogP contribution in [0.5, 0.6) is 5.75 Å². The van der Waals surface area contributed by atoms with E-state index in [4.69, 9.17) is 16.3 Å². The molecular weight excluding hydrogens is 432 g/mol. The third kappa shape index (κ3) is 4.46. The highest BCUT2D eigenvalue weighted by atomic mass is 79.9. The first-order valence-corrected chi connectivity index (χ1v) is 9.45. The maximum absolute atomic E-state index is 12.6. The lowest BCUT2D eigenvalue weighted by Crippen LogP contribution is -2.26. The van der Waals surface area contributed by atoms with Crippen molar-refractivity contribution >= 4 is 33.3 Å². The maximum atomic E-state index is 12.6. The van der Waals surface area contributed by atoms with Crippen molar-refractivity contribution < 1.29 is 9.53 Å². The molecule has 27 heavy (non-hydrogen) atoms. The highest BCUT2D eigenvalue weighted by Crippen LogP contribution is 2.26. The fourth-order valence-electron chi connectivity index (χ4n) is 2.55. The Morgan fingerprint density at radius 1 is 1.19 bits per heavy atom. The second-order valence-corrected chi connectivity index (χ2v) is 6.96. The second kappa shape index (κ2) is 8.50. The van der Waals surface area contributed by atoms with Gasteiger partial charge in [0.05, 0.1) is 17.3 Å². The number of Topliss-reactive ketones (excluding diaryl/α,β-unsaturated/α-hetero) is 1. The number of benzene rings is 2. The van der Waals surface area contributed by atoms with Crippen LogP contribution in [0.3, 0.4) is 0 Å². The highest BCUT2D eigenvalue weighted by Gasteiger charge is 2.13. The predicted octanol–water partition coefficient (Wildman–Crippen LogP) is 4.61. The number of hydrogen-bond donors (Lipinski definition) is 0. The molecule has 0 aliphatic rings. The Bertz CT molecular complexity index is 1050. The van der Waals surface area contributed by atoms with Crippen molar-refractivity contribution in [3.05, 3.63) is 80.0 Å². The van der Waals surface area contributed by atoms with Crippen molar-refractivity contribution in [2.75, 3.05) is 6.61 Å². The molecule has 0 spiro atoms. The first-order chi connectivity index (χ1) is 13.0. The van der Waals surface area contributed by atoms with Crippen LogP contribution in [0.4, 0.5) is 0 Å². The molecular formula is C20H16BrClN2O3. The molecule has 0 N–H and O–H groups in total. The lowest BCUT2D eigenvalue weighted by atomic mass is 10.1. The lowest BCUT2D eigenvalue weighted by Gasteiger charge is -2.09. The Morgan fingerprint density at radius 3 is 2.67 bits per heavy atom. The first-order valence-electron chi connectivity index (χ1n) is 8.28. The molecule has 2 aromatic carbocycles. The summed E-state index contributed by atoms with van der Waals surface area (Å²) in [5.41, 5.74) is 1.47. The van der Waals surface area contributed by atoms with E-state index in [9.17, 15) is 9.59 Å². The number of halogens is 2. The minimum absolute atomic E-state index is 0.179. The van der Waals surface area contributed by atoms with Crippen LogP contribution in [0.25, 0.3) is 11.3 Å². The van der Waals surface area contributed by atoms with Crippen molar-refractivity contribution in [2.45, 2.75) is 13.5 Å². The number of aromatic nitrogens is 2. The molecule has 0 radical (unpaired) electrons. The van der Waals surface area contributed by atoms with Crippen LogP contribution >= 0.6 is 27.5 Å². The predicted molar refractivity (Wildman–Crippen MR) is 109 cm³/mol. The number of carbonyl (C=O) groups excluding carboxylic acids is 1. The van der Waals surface area contributed by atoms with Crippen LogP contribution in [0.1, 0.15) is 17.3 Å². The van der Waals surface area contributed by atoms with Gasteiger partial charge in [-0.1, -0.05) is 45.7 Å². The standard InChI is InChI=1S/C20H16BrClN2O3/c1-2-27-19-9-7-13(11-16(19)22)18(25)12-24-20(26)10-8-17(23-24)14-5-3-4-6-15(14)21/h3-11H,2,12H2,1H3. The van der Waals surface area contributed by atoms with E-state index in [0.29, 0.717) is 28.6 Å². The fraction of sp³-hybridized carbons (Fsp3) is 0.150. The molecule has 0 saturated carbocycles. The van der Waals surface area contributed by atoms with Gasteiger partial charge in [-0.3, -0.25) is 9.59 Å². The van der Waals surface area contributed by atoms with Gasteiger partial charge < -0.3 is 4.74 Å². The molecule has 3 rings (SSSR count). The van der Waals surface area contributed by atoms with Gasteiger partial charge in [0.2, 0.25) is 0 Å². The lowest BCUT2D eigenvalue weighted by molar-refractivity contribution is 0.0966. The van der Waals surface area contributed by atoms with Gasteiger partial charge in [0.25, 0.3) is 5.56 Å². The Hall–Kier alpha value is -2.44. The Balaban J connectivity index is 1.88. The molecule has 0 aliphatic carbocycles. The normalized spacial score (nSPS) is 10.6. The quantitative estimate of drug-likeness (QED) is 0.518. The summed E-state index contributed by atoms with van der Waals surface area (Å²) < 4.78 is 7.38. The van der Waals surface area contributed by atoms with Crippen LogP contribution < -0.4 is 10.3 Å². The molecule has 1 heterocycles. The minimum Gasteiger partial charge on any atom is -0.492 e. The van der Waals surface area contributed by atoms with Gasteiger partial charge in [-0.25, -0.2) is 4.68 Å². The summed E-state index contributed by atoms with van der Waals surface area (Å²) in [6, 6.07) is 15.4. The van der Waals surface area contributed by atoms with Crippen molar-refractivity contribution in [3.63, 3.8) is 0 Å². The van der Waals surface area contributed by atoms with Crippen LogP contribution in [-0.4, -0.2) is 22.2 Å². The molecule has 0 amide bonds. The Labute approximate surface area is 169 Å². The minimum atomic E-state index is -0.351. The molecule has 1 aromatic heterocycles. The number of ketones is 1. The highest BCUT2D eigenvalue weighted by molar-refractivity contribution is 9.10. The van der Waals surface area contributed by atoms with Gasteiger partial charge in [0.15, 0.2) is 5.78 Å². The Kier molecular flexibility index (Phi) is 6.08. The molecule has 7 heteroatoms. The molecule has 0 saturated heterocycles. The maximum Gasteiger partial charge on any atom is 0.267 e. The van der Waals surface area contributed by atoms with Gasteiger partial charge in [-0.2, -0.15) is 5.10 Å². The van der Waals surface area contributed by atoms with Gasteiger partial charge in [-0.15, -0.1) is 0 Å². The summed E-state index contributed by atoms with van der Waals surface area (Å²) in [6.45, 7) is 2.15. The number of nitrogens with zero attached hydrogens (tertiary/aromatic N) is 2. The SMILES string of the molecule is CCOc1ccc(C(=O)Cn2nc(-c3ccccc3Br)ccc2=O)cc1Cl. The van der Waals surface area contributed by atoms with Crippen molar-refractivity contribution in [1.82, 2.24) is 9.78 Å². The van der Waals surface area contributed by atoms with Crippen LogP contribution in [0.2, 0.25) is 5.02 Å². The molecule has 0 fully saturated rings. The summed E-state index contributed by atoms with van der Waals surface area (Å²) in [7, 11) is 0. The summed E-state index contributed by atoms with van der Waals surface area (Å²) in [4.78, 5) is 24.7. The number of carbonyl (C=O) groups is 1. The van der Waals surface area contributed by atoms with Gasteiger partial charge >= 0.3 is 0 Å². The molecule has 0 aliphatic heterocycles. The molecule has 3 aromatic rings. The third-order valence-electron chi connectivity index (χ3n) is 3.86. The monoisotopic (exact) mass is 446 g/mol. The number of rotatable bonds is 6. The second-order valence-electron chi connectivity index (χ2n) is 5.70. The summed E-state index contributed by atoms with van der Waals surface area (Å²) in [5, 5.41) is 4.69. The summed E-state index contributed by atoms with van der Waals surface area (Å²) in [5.74, 6) is 0.251. The average Bonchev–Trinajstić information content (AvgIpc) is 2.66. The van der Waals surface area contributed by atoms with Crippen LogP contribution in [-0.2, 0) is 6.54 Å². The zero-order valence-corrected chi connectivity index (χ0v) is 16.8. The number of hydrogen-bond acceptors (Lipinski definition) is 4. The van der Waals surface area contributed by atoms with Gasteiger partial charge in [0, 0.05) is 21.7 Å². The summed E-state index contributed by atoms with van der Waals surface area (Å²) in [6.07, 6.45) is 0.